The second kappa shape index (κ2) is 6.40. The Balaban J connectivity index is 2.10. The molecule has 1 aliphatic heterocycles. The van der Waals surface area contributed by atoms with Gasteiger partial charge in [0.05, 0.1) is 12.6 Å². The van der Waals surface area contributed by atoms with Crippen LogP contribution in [0.5, 0.6) is 0 Å². The first-order chi connectivity index (χ1) is 9.17. The zero-order chi connectivity index (χ0) is 13.8. The van der Waals surface area contributed by atoms with E-state index in [-0.39, 0.29) is 12.6 Å². The van der Waals surface area contributed by atoms with Crippen LogP contribution in [0, 0.1) is 5.92 Å². The molecule has 2 rings (SSSR count). The number of anilines is 1. The minimum absolute atomic E-state index is 0.247. The van der Waals surface area contributed by atoms with Gasteiger partial charge in [0.1, 0.15) is 0 Å². The molecule has 1 aromatic rings. The fraction of sp³-hybridized carbons (Fsp3) is 0.625. The van der Waals surface area contributed by atoms with Crippen LogP contribution in [0.1, 0.15) is 38.8 Å². The van der Waals surface area contributed by atoms with Crippen molar-refractivity contribution >= 4 is 5.69 Å². The van der Waals surface area contributed by atoms with Crippen molar-refractivity contribution in [1.82, 2.24) is 5.32 Å². The normalized spacial score (nSPS) is 24.7. The third-order valence-electron chi connectivity index (χ3n) is 4.30. The topological polar surface area (TPSA) is 35.5 Å². The first-order valence-corrected chi connectivity index (χ1v) is 7.38. The van der Waals surface area contributed by atoms with Crippen molar-refractivity contribution in [2.24, 2.45) is 5.92 Å². The molecule has 0 saturated carbocycles. The summed E-state index contributed by atoms with van der Waals surface area (Å²) in [7, 11) is 0. The van der Waals surface area contributed by atoms with E-state index < -0.39 is 0 Å². The summed E-state index contributed by atoms with van der Waals surface area (Å²) in [5.41, 5.74) is 2.55. The van der Waals surface area contributed by atoms with Gasteiger partial charge < -0.3 is 15.3 Å². The van der Waals surface area contributed by atoms with Gasteiger partial charge in [-0.25, -0.2) is 0 Å². The molecule has 3 heteroatoms. The van der Waals surface area contributed by atoms with E-state index in [1.54, 1.807) is 0 Å². The highest BCUT2D eigenvalue weighted by Crippen LogP contribution is 2.30. The van der Waals surface area contributed by atoms with Gasteiger partial charge in [-0.3, -0.25) is 0 Å². The lowest BCUT2D eigenvalue weighted by atomic mass is 10.0. The van der Waals surface area contributed by atoms with Crippen LogP contribution < -0.4 is 10.2 Å². The van der Waals surface area contributed by atoms with Crippen LogP contribution >= 0.6 is 0 Å². The average Bonchev–Trinajstić information content (AvgIpc) is 2.80. The van der Waals surface area contributed by atoms with Crippen LogP contribution in [-0.4, -0.2) is 30.8 Å². The third kappa shape index (κ3) is 3.10. The van der Waals surface area contributed by atoms with Crippen molar-refractivity contribution in [3.63, 3.8) is 0 Å². The van der Waals surface area contributed by atoms with E-state index in [1.165, 1.54) is 17.7 Å². The maximum atomic E-state index is 9.53. The van der Waals surface area contributed by atoms with Gasteiger partial charge in [-0.15, -0.1) is 0 Å². The smallest absolute Gasteiger partial charge is 0.0637 e. The number of nitrogens with one attached hydrogen (secondary N) is 1. The van der Waals surface area contributed by atoms with Crippen LogP contribution in [0.25, 0.3) is 0 Å². The van der Waals surface area contributed by atoms with Gasteiger partial charge in [-0.2, -0.15) is 0 Å². The van der Waals surface area contributed by atoms with Crippen molar-refractivity contribution in [3.8, 4) is 0 Å². The molecule has 1 saturated heterocycles. The fourth-order valence-electron chi connectivity index (χ4n) is 2.99. The van der Waals surface area contributed by atoms with E-state index >= 15 is 0 Å². The van der Waals surface area contributed by atoms with Crippen molar-refractivity contribution in [3.05, 3.63) is 29.8 Å². The summed E-state index contributed by atoms with van der Waals surface area (Å²) in [6.45, 7) is 8.82. The van der Waals surface area contributed by atoms with Gasteiger partial charge >= 0.3 is 0 Å². The van der Waals surface area contributed by atoms with Crippen molar-refractivity contribution in [2.45, 2.75) is 39.3 Å². The molecule has 1 fully saturated rings. The summed E-state index contributed by atoms with van der Waals surface area (Å²) in [5.74, 6) is 0.574. The number of hydrogen-bond donors (Lipinski definition) is 2. The number of aliphatic hydroxyl groups is 1. The van der Waals surface area contributed by atoms with Gasteiger partial charge in [0.15, 0.2) is 0 Å². The van der Waals surface area contributed by atoms with E-state index in [9.17, 15) is 5.11 Å². The summed E-state index contributed by atoms with van der Waals surface area (Å²) >= 11 is 0. The predicted octanol–water partition coefficient (Wildman–Crippen LogP) is 2.56. The van der Waals surface area contributed by atoms with Crippen LogP contribution in [0.2, 0.25) is 0 Å². The molecule has 0 amide bonds. The molecule has 3 atom stereocenters. The van der Waals surface area contributed by atoms with Crippen LogP contribution in [-0.2, 0) is 0 Å². The molecule has 0 aromatic heterocycles. The average molecular weight is 262 g/mol. The Labute approximate surface area is 116 Å². The number of rotatable bonds is 5. The Morgan fingerprint density at radius 2 is 2.05 bits per heavy atom. The van der Waals surface area contributed by atoms with Gasteiger partial charge in [-0.1, -0.05) is 26.0 Å². The summed E-state index contributed by atoms with van der Waals surface area (Å²) < 4.78 is 0. The van der Waals surface area contributed by atoms with Gasteiger partial charge in [0.2, 0.25) is 0 Å². The number of benzene rings is 1. The maximum Gasteiger partial charge on any atom is 0.0637 e. The van der Waals surface area contributed by atoms with Crippen LogP contribution in [0.15, 0.2) is 24.3 Å². The molecule has 0 radical (unpaired) electrons. The Kier molecular flexibility index (Phi) is 4.83. The van der Waals surface area contributed by atoms with E-state index in [4.69, 9.17) is 0 Å². The predicted molar refractivity (Wildman–Crippen MR) is 80.5 cm³/mol. The Bertz CT molecular complexity index is 390. The molecule has 1 aliphatic rings. The molecule has 19 heavy (non-hydrogen) atoms. The lowest BCUT2D eigenvalue weighted by molar-refractivity contribution is 0.245. The number of aliphatic hydroxyl groups excluding tert-OH is 1. The molecule has 1 heterocycles. The van der Waals surface area contributed by atoms with Crippen molar-refractivity contribution < 1.29 is 5.11 Å². The highest BCUT2D eigenvalue weighted by Gasteiger charge is 2.30. The standard InChI is InChI=1S/C16H26N2O/c1-4-17-13(3)14-5-7-15(8-6-14)18-10-9-12(2)16(18)11-19/h5-8,12-13,16-17,19H,4,9-11H2,1-3H3. The highest BCUT2D eigenvalue weighted by molar-refractivity contribution is 5.50. The molecule has 0 spiro atoms. The minimum atomic E-state index is 0.247. The Hall–Kier alpha value is -1.06. The van der Waals surface area contributed by atoms with Crippen molar-refractivity contribution in [1.29, 1.82) is 0 Å². The molecule has 106 valence electrons. The first-order valence-electron chi connectivity index (χ1n) is 7.38. The van der Waals surface area contributed by atoms with E-state index in [0.29, 0.717) is 12.0 Å². The largest absolute Gasteiger partial charge is 0.394 e. The van der Waals surface area contributed by atoms with Crippen LogP contribution in [0.3, 0.4) is 0 Å². The Morgan fingerprint density at radius 3 is 2.63 bits per heavy atom. The SMILES string of the molecule is CCNC(C)c1ccc(N2CCC(C)C2CO)cc1. The quantitative estimate of drug-likeness (QED) is 0.856. The molecule has 3 unspecified atom stereocenters. The van der Waals surface area contributed by atoms with E-state index in [0.717, 1.165) is 13.1 Å². The van der Waals surface area contributed by atoms with E-state index in [1.807, 2.05) is 0 Å². The first kappa shape index (κ1) is 14.4. The lowest BCUT2D eigenvalue weighted by Crippen LogP contribution is -2.35. The van der Waals surface area contributed by atoms with Crippen molar-refractivity contribution in [2.75, 3.05) is 24.6 Å². The minimum Gasteiger partial charge on any atom is -0.394 e. The molecule has 2 N–H and O–H groups in total. The van der Waals surface area contributed by atoms with Gasteiger partial charge in [-0.05, 0) is 43.5 Å². The summed E-state index contributed by atoms with van der Waals surface area (Å²) in [6.07, 6.45) is 1.17. The molecular weight excluding hydrogens is 236 g/mol. The lowest BCUT2D eigenvalue weighted by Gasteiger charge is -2.27. The second-order valence-electron chi connectivity index (χ2n) is 5.58. The number of nitrogens with zero attached hydrogens (tertiary/aromatic N) is 1. The zero-order valence-electron chi connectivity index (χ0n) is 12.3. The second-order valence-corrected chi connectivity index (χ2v) is 5.58. The molecule has 0 aliphatic carbocycles. The fourth-order valence-corrected chi connectivity index (χ4v) is 2.99. The number of hydrogen-bond acceptors (Lipinski definition) is 3. The molecule has 1 aromatic carbocycles. The summed E-state index contributed by atoms with van der Waals surface area (Å²) in [5, 5.41) is 13.0. The summed E-state index contributed by atoms with van der Waals surface area (Å²) in [4.78, 5) is 2.34. The van der Waals surface area contributed by atoms with Crippen LogP contribution in [0.4, 0.5) is 5.69 Å². The molecule has 3 nitrogen and oxygen atoms in total. The highest BCUT2D eigenvalue weighted by atomic mass is 16.3. The van der Waals surface area contributed by atoms with E-state index in [2.05, 4.69) is 55.3 Å². The summed E-state index contributed by atoms with van der Waals surface area (Å²) in [6, 6.07) is 9.43. The Morgan fingerprint density at radius 1 is 1.37 bits per heavy atom. The molecular formula is C16H26N2O. The monoisotopic (exact) mass is 262 g/mol. The zero-order valence-corrected chi connectivity index (χ0v) is 12.3. The van der Waals surface area contributed by atoms with Gasteiger partial charge in [0.25, 0.3) is 0 Å². The maximum absolute atomic E-state index is 9.53. The van der Waals surface area contributed by atoms with Gasteiger partial charge in [0, 0.05) is 18.3 Å². The molecule has 0 bridgehead atoms. The third-order valence-corrected chi connectivity index (χ3v) is 4.30.